The second-order valence-electron chi connectivity index (χ2n) is 4.56. The molecule has 1 nitrogen and oxygen atoms in total. The van der Waals surface area contributed by atoms with E-state index in [1.54, 1.807) is 18.2 Å². The lowest BCUT2D eigenvalue weighted by Gasteiger charge is -2.14. The van der Waals surface area contributed by atoms with Crippen molar-refractivity contribution in [1.29, 1.82) is 0 Å². The quantitative estimate of drug-likeness (QED) is 0.808. The Balaban J connectivity index is 2.16. The highest BCUT2D eigenvalue weighted by molar-refractivity contribution is 6.42. The Morgan fingerprint density at radius 2 is 1.62 bits per heavy atom. The Morgan fingerprint density at radius 1 is 1.00 bits per heavy atom. The van der Waals surface area contributed by atoms with Gasteiger partial charge in [0, 0.05) is 12.0 Å². The molecule has 0 aliphatic carbocycles. The van der Waals surface area contributed by atoms with Crippen LogP contribution in [0, 0.1) is 0 Å². The van der Waals surface area contributed by atoms with Crippen molar-refractivity contribution < 1.29 is 18.3 Å². The number of alkyl halides is 3. The molecule has 1 unspecified atom stereocenters. The van der Waals surface area contributed by atoms with Gasteiger partial charge in [-0.05, 0) is 23.8 Å². The molecule has 0 aromatic heterocycles. The number of aliphatic hydroxyl groups is 1. The maximum absolute atomic E-state index is 12.5. The van der Waals surface area contributed by atoms with Gasteiger partial charge in [-0.15, -0.1) is 0 Å². The zero-order valence-electron chi connectivity index (χ0n) is 10.7. The number of halogens is 5. The van der Waals surface area contributed by atoms with Crippen molar-refractivity contribution in [2.75, 3.05) is 0 Å². The predicted octanol–water partition coefficient (Wildman–Crippen LogP) is 5.29. The molecule has 2 aromatic carbocycles. The van der Waals surface area contributed by atoms with Crippen molar-refractivity contribution in [3.63, 3.8) is 0 Å². The molecule has 0 radical (unpaired) electrons. The van der Waals surface area contributed by atoms with Crippen LogP contribution in [0.5, 0.6) is 0 Å². The van der Waals surface area contributed by atoms with Gasteiger partial charge in [-0.25, -0.2) is 0 Å². The second kappa shape index (κ2) is 6.26. The highest BCUT2D eigenvalue weighted by Crippen LogP contribution is 2.32. The van der Waals surface area contributed by atoms with Crippen LogP contribution < -0.4 is 0 Å². The van der Waals surface area contributed by atoms with E-state index >= 15 is 0 Å². The summed E-state index contributed by atoms with van der Waals surface area (Å²) in [5, 5.41) is 10.7. The SMILES string of the molecule is OC(Cc1ccc(C(F)(F)F)cc1)c1cccc(Cl)c1Cl. The average molecular weight is 335 g/mol. The fourth-order valence-corrected chi connectivity index (χ4v) is 2.37. The summed E-state index contributed by atoms with van der Waals surface area (Å²) >= 11 is 11.9. The highest BCUT2D eigenvalue weighted by Gasteiger charge is 2.30. The number of hydrogen-bond acceptors (Lipinski definition) is 1. The summed E-state index contributed by atoms with van der Waals surface area (Å²) in [6.45, 7) is 0. The van der Waals surface area contributed by atoms with Crippen LogP contribution in [0.4, 0.5) is 13.2 Å². The lowest BCUT2D eigenvalue weighted by Crippen LogP contribution is -2.06. The third-order valence-electron chi connectivity index (χ3n) is 3.05. The largest absolute Gasteiger partial charge is 0.416 e. The maximum atomic E-state index is 12.5. The third kappa shape index (κ3) is 3.90. The summed E-state index contributed by atoms with van der Waals surface area (Å²) in [5.74, 6) is 0. The molecule has 0 spiro atoms. The van der Waals surface area contributed by atoms with Gasteiger partial charge < -0.3 is 5.11 Å². The smallest absolute Gasteiger partial charge is 0.388 e. The summed E-state index contributed by atoms with van der Waals surface area (Å²) < 4.78 is 37.4. The van der Waals surface area contributed by atoms with Gasteiger partial charge >= 0.3 is 6.18 Å². The lowest BCUT2D eigenvalue weighted by atomic mass is 10.0. The number of aliphatic hydroxyl groups excluding tert-OH is 1. The van der Waals surface area contributed by atoms with Gasteiger partial charge in [0.15, 0.2) is 0 Å². The Bertz CT molecular complexity index is 624. The van der Waals surface area contributed by atoms with Gasteiger partial charge in [0.25, 0.3) is 0 Å². The molecule has 21 heavy (non-hydrogen) atoms. The summed E-state index contributed by atoms with van der Waals surface area (Å²) in [6, 6.07) is 9.53. The van der Waals surface area contributed by atoms with E-state index < -0.39 is 17.8 Å². The molecule has 112 valence electrons. The van der Waals surface area contributed by atoms with E-state index in [4.69, 9.17) is 23.2 Å². The van der Waals surface area contributed by atoms with Gasteiger partial charge in [-0.1, -0.05) is 47.5 Å². The third-order valence-corrected chi connectivity index (χ3v) is 3.88. The van der Waals surface area contributed by atoms with Gasteiger partial charge in [0.2, 0.25) is 0 Å². The topological polar surface area (TPSA) is 20.2 Å². The molecule has 6 heteroatoms. The van der Waals surface area contributed by atoms with Crippen LogP contribution in [0.2, 0.25) is 10.0 Å². The van der Waals surface area contributed by atoms with Gasteiger partial charge in [0.05, 0.1) is 21.7 Å². The van der Waals surface area contributed by atoms with E-state index in [0.29, 0.717) is 16.1 Å². The summed E-state index contributed by atoms with van der Waals surface area (Å²) in [5.41, 5.74) is 0.303. The van der Waals surface area contributed by atoms with E-state index in [1.807, 2.05) is 0 Å². The molecule has 2 rings (SSSR count). The van der Waals surface area contributed by atoms with Crippen molar-refractivity contribution in [2.24, 2.45) is 0 Å². The molecular weight excluding hydrogens is 324 g/mol. The van der Waals surface area contributed by atoms with Crippen LogP contribution >= 0.6 is 23.2 Å². The molecule has 0 heterocycles. The first kappa shape index (κ1) is 16.1. The minimum atomic E-state index is -4.37. The van der Waals surface area contributed by atoms with Crippen molar-refractivity contribution in [2.45, 2.75) is 18.7 Å². The molecule has 0 fully saturated rings. The molecule has 0 amide bonds. The van der Waals surface area contributed by atoms with Gasteiger partial charge in [-0.2, -0.15) is 13.2 Å². The second-order valence-corrected chi connectivity index (χ2v) is 5.34. The Kier molecular flexibility index (Phi) is 4.81. The fraction of sp³-hybridized carbons (Fsp3) is 0.200. The number of benzene rings is 2. The lowest BCUT2D eigenvalue weighted by molar-refractivity contribution is -0.137. The van der Waals surface area contributed by atoms with E-state index in [-0.39, 0.29) is 11.4 Å². The summed E-state index contributed by atoms with van der Waals surface area (Å²) in [6.07, 6.45) is -5.15. The average Bonchev–Trinajstić information content (AvgIpc) is 2.41. The molecule has 2 aromatic rings. The molecule has 0 aliphatic rings. The van der Waals surface area contributed by atoms with E-state index in [1.165, 1.54) is 12.1 Å². The van der Waals surface area contributed by atoms with Crippen LogP contribution in [-0.2, 0) is 12.6 Å². The summed E-state index contributed by atoms with van der Waals surface area (Å²) in [4.78, 5) is 0. The Hall–Kier alpha value is -1.23. The predicted molar refractivity (Wildman–Crippen MR) is 76.6 cm³/mol. The first-order valence-corrected chi connectivity index (χ1v) is 6.82. The summed E-state index contributed by atoms with van der Waals surface area (Å²) in [7, 11) is 0. The van der Waals surface area contributed by atoms with Crippen LogP contribution in [0.3, 0.4) is 0 Å². The Labute approximate surface area is 129 Å². The number of rotatable bonds is 3. The van der Waals surface area contributed by atoms with E-state index in [2.05, 4.69) is 0 Å². The molecular formula is C15H11Cl2F3O. The molecule has 1 atom stereocenters. The zero-order valence-corrected chi connectivity index (χ0v) is 12.2. The number of hydrogen-bond donors (Lipinski definition) is 1. The van der Waals surface area contributed by atoms with Crippen LogP contribution in [0.15, 0.2) is 42.5 Å². The minimum Gasteiger partial charge on any atom is -0.388 e. The fourth-order valence-electron chi connectivity index (χ4n) is 1.94. The van der Waals surface area contributed by atoms with Crippen molar-refractivity contribution in [3.8, 4) is 0 Å². The van der Waals surface area contributed by atoms with E-state index in [0.717, 1.165) is 12.1 Å². The minimum absolute atomic E-state index is 0.151. The molecule has 0 saturated carbocycles. The highest BCUT2D eigenvalue weighted by atomic mass is 35.5. The van der Waals surface area contributed by atoms with E-state index in [9.17, 15) is 18.3 Å². The van der Waals surface area contributed by atoms with Crippen molar-refractivity contribution >= 4 is 23.2 Å². The van der Waals surface area contributed by atoms with Crippen LogP contribution in [0.1, 0.15) is 22.8 Å². The molecule has 1 N–H and O–H groups in total. The van der Waals surface area contributed by atoms with Crippen molar-refractivity contribution in [1.82, 2.24) is 0 Å². The Morgan fingerprint density at radius 3 is 2.19 bits per heavy atom. The zero-order chi connectivity index (χ0) is 15.6. The van der Waals surface area contributed by atoms with Crippen molar-refractivity contribution in [3.05, 3.63) is 69.2 Å². The maximum Gasteiger partial charge on any atom is 0.416 e. The monoisotopic (exact) mass is 334 g/mol. The molecule has 0 saturated heterocycles. The normalized spacial score (nSPS) is 13.2. The molecule has 0 aliphatic heterocycles. The standard InChI is InChI=1S/C15H11Cl2F3O/c16-12-3-1-2-11(14(12)17)13(21)8-9-4-6-10(7-5-9)15(18,19)20/h1-7,13,21H,8H2. The van der Waals surface area contributed by atoms with Gasteiger partial charge in [0.1, 0.15) is 0 Å². The van der Waals surface area contributed by atoms with Crippen LogP contribution in [0.25, 0.3) is 0 Å². The van der Waals surface area contributed by atoms with Crippen LogP contribution in [-0.4, -0.2) is 5.11 Å². The first-order valence-electron chi connectivity index (χ1n) is 6.07. The first-order chi connectivity index (χ1) is 9.79. The van der Waals surface area contributed by atoms with Gasteiger partial charge in [-0.3, -0.25) is 0 Å². The molecule has 0 bridgehead atoms.